The Balaban J connectivity index is 1.19. The Morgan fingerprint density at radius 2 is 1.79 bits per heavy atom. The fourth-order valence-electron chi connectivity index (χ4n) is 6.12. The minimum atomic E-state index is -0.237. The number of rotatable bonds is 8. The van der Waals surface area contributed by atoms with Gasteiger partial charge in [-0.2, -0.15) is 5.26 Å². The lowest BCUT2D eigenvalue weighted by molar-refractivity contribution is -0.132. The lowest BCUT2D eigenvalue weighted by atomic mass is 9.90. The van der Waals surface area contributed by atoms with Crippen LogP contribution in [0.1, 0.15) is 19.3 Å². The SMILES string of the molecule is CN(C)CCN1CCN(c2ccc(NC3NC(N4CCC(CC#N)CC4)NC4CNNC(=O)C43)cc2)CC1. The number of likely N-dealkylation sites (tertiary alicyclic amines) is 1. The topological polar surface area (TPSA) is 114 Å². The van der Waals surface area contributed by atoms with Gasteiger partial charge in [-0.3, -0.25) is 30.7 Å². The van der Waals surface area contributed by atoms with E-state index in [0.717, 1.165) is 70.9 Å². The van der Waals surface area contributed by atoms with Crippen molar-refractivity contribution >= 4 is 17.3 Å². The molecule has 4 fully saturated rings. The summed E-state index contributed by atoms with van der Waals surface area (Å²) in [4.78, 5) is 22.5. The van der Waals surface area contributed by atoms with Crippen LogP contribution in [0.2, 0.25) is 0 Å². The van der Waals surface area contributed by atoms with E-state index in [9.17, 15) is 4.79 Å². The first kappa shape index (κ1) is 27.1. The van der Waals surface area contributed by atoms with E-state index < -0.39 is 0 Å². The van der Waals surface area contributed by atoms with Crippen LogP contribution in [0.4, 0.5) is 11.4 Å². The third-order valence-corrected chi connectivity index (χ3v) is 8.52. The molecule has 4 atom stereocenters. The van der Waals surface area contributed by atoms with E-state index >= 15 is 0 Å². The number of hydrogen-bond acceptors (Lipinski definition) is 10. The molecule has 1 amide bonds. The molecule has 1 aromatic rings. The van der Waals surface area contributed by atoms with E-state index in [1.807, 2.05) is 0 Å². The maximum atomic E-state index is 12.8. The third kappa shape index (κ3) is 6.57. The number of hydrogen-bond donors (Lipinski definition) is 5. The molecule has 5 N–H and O–H groups in total. The van der Waals surface area contributed by atoms with Crippen LogP contribution in [0.15, 0.2) is 24.3 Å². The van der Waals surface area contributed by atoms with Gasteiger partial charge in [0.25, 0.3) is 0 Å². The highest BCUT2D eigenvalue weighted by molar-refractivity contribution is 5.81. The maximum Gasteiger partial charge on any atom is 0.242 e. The number of fused-ring (bicyclic) bond motifs is 1. The van der Waals surface area contributed by atoms with Crippen molar-refractivity contribution in [3.63, 3.8) is 0 Å². The summed E-state index contributed by atoms with van der Waals surface area (Å²) in [6.45, 7) is 9.05. The number of nitrogens with one attached hydrogen (secondary N) is 5. The lowest BCUT2D eigenvalue weighted by Crippen LogP contribution is -2.77. The molecule has 38 heavy (non-hydrogen) atoms. The lowest BCUT2D eigenvalue weighted by Gasteiger charge is -2.49. The number of benzene rings is 1. The highest BCUT2D eigenvalue weighted by Crippen LogP contribution is 2.26. The summed E-state index contributed by atoms with van der Waals surface area (Å²) in [5.41, 5.74) is 8.11. The van der Waals surface area contributed by atoms with Crippen molar-refractivity contribution in [2.75, 3.05) is 83.2 Å². The molecular formula is C27H44N10O. The molecule has 208 valence electrons. The first-order valence-electron chi connectivity index (χ1n) is 14.1. The van der Waals surface area contributed by atoms with Gasteiger partial charge >= 0.3 is 0 Å². The molecule has 5 rings (SSSR count). The van der Waals surface area contributed by atoms with Crippen LogP contribution < -0.4 is 31.7 Å². The van der Waals surface area contributed by atoms with Crippen molar-refractivity contribution in [3.05, 3.63) is 24.3 Å². The summed E-state index contributed by atoms with van der Waals surface area (Å²) < 4.78 is 0. The summed E-state index contributed by atoms with van der Waals surface area (Å²) in [6, 6.07) is 11.0. The van der Waals surface area contributed by atoms with Gasteiger partial charge in [0, 0.05) is 82.7 Å². The van der Waals surface area contributed by atoms with Crippen molar-refractivity contribution in [2.24, 2.45) is 11.8 Å². The standard InChI is InChI=1S/C27H44N10O/c1-34(2)13-14-35-15-17-36(18-16-35)22-5-3-21(4-6-22)30-25-24-23(19-29-33-26(24)38)31-27(32-25)37-11-8-20(7-10-28)9-12-37/h3-6,20,23-25,27,29-32H,7-9,11-19H2,1-2H3,(H,33,38). The van der Waals surface area contributed by atoms with Crippen molar-refractivity contribution < 1.29 is 4.79 Å². The van der Waals surface area contributed by atoms with Crippen LogP contribution in [0, 0.1) is 23.2 Å². The number of amides is 1. The number of carbonyl (C=O) groups is 1. The molecule has 0 aromatic heterocycles. The van der Waals surface area contributed by atoms with Gasteiger partial charge in [-0.15, -0.1) is 0 Å². The quantitative estimate of drug-likeness (QED) is 0.314. The molecule has 0 saturated carbocycles. The fourth-order valence-corrected chi connectivity index (χ4v) is 6.12. The summed E-state index contributed by atoms with van der Waals surface area (Å²) >= 11 is 0. The van der Waals surface area contributed by atoms with Crippen molar-refractivity contribution in [3.8, 4) is 6.07 Å². The zero-order valence-electron chi connectivity index (χ0n) is 22.8. The maximum absolute atomic E-state index is 12.8. The predicted octanol–water partition coefficient (Wildman–Crippen LogP) is -0.171. The molecule has 1 aromatic carbocycles. The molecule has 0 spiro atoms. The van der Waals surface area contributed by atoms with Crippen LogP contribution in [-0.2, 0) is 4.79 Å². The second-order valence-corrected chi connectivity index (χ2v) is 11.4. The Labute approximate surface area is 226 Å². The highest BCUT2D eigenvalue weighted by Gasteiger charge is 2.45. The zero-order chi connectivity index (χ0) is 26.5. The number of piperidine rings is 1. The Bertz CT molecular complexity index is 950. The van der Waals surface area contributed by atoms with E-state index in [1.165, 1.54) is 5.69 Å². The van der Waals surface area contributed by atoms with E-state index in [0.29, 0.717) is 18.9 Å². The highest BCUT2D eigenvalue weighted by atomic mass is 16.2. The van der Waals surface area contributed by atoms with Crippen molar-refractivity contribution in [1.29, 1.82) is 5.26 Å². The van der Waals surface area contributed by atoms with Crippen molar-refractivity contribution in [1.82, 2.24) is 36.2 Å². The second-order valence-electron chi connectivity index (χ2n) is 11.4. The first-order chi connectivity index (χ1) is 18.5. The molecule has 4 aliphatic rings. The van der Waals surface area contributed by atoms with Gasteiger partial charge in [0.15, 0.2) is 0 Å². The van der Waals surface area contributed by atoms with E-state index in [2.05, 4.69) is 90.8 Å². The molecule has 4 heterocycles. The van der Waals surface area contributed by atoms with Gasteiger partial charge < -0.3 is 15.1 Å². The molecule has 0 aliphatic carbocycles. The summed E-state index contributed by atoms with van der Waals surface area (Å²) in [5, 5.41) is 20.0. The smallest absolute Gasteiger partial charge is 0.242 e. The number of nitrogens with zero attached hydrogens (tertiary/aromatic N) is 5. The van der Waals surface area contributed by atoms with Crippen LogP contribution >= 0.6 is 0 Å². The minimum absolute atomic E-state index is 0.00585. The molecule has 4 unspecified atom stereocenters. The number of anilines is 2. The fraction of sp³-hybridized carbons (Fsp3) is 0.704. The largest absolute Gasteiger partial charge is 0.369 e. The van der Waals surface area contributed by atoms with Gasteiger partial charge in [-0.1, -0.05) is 0 Å². The predicted molar refractivity (Wildman–Crippen MR) is 149 cm³/mol. The van der Waals surface area contributed by atoms with Crippen LogP contribution in [-0.4, -0.2) is 112 Å². The normalized spacial score (nSPS) is 29.5. The Morgan fingerprint density at radius 3 is 2.47 bits per heavy atom. The molecule has 4 saturated heterocycles. The van der Waals surface area contributed by atoms with E-state index in [-0.39, 0.29) is 30.3 Å². The number of hydrazine groups is 1. The monoisotopic (exact) mass is 524 g/mol. The first-order valence-corrected chi connectivity index (χ1v) is 14.1. The summed E-state index contributed by atoms with van der Waals surface area (Å²) in [5.74, 6) is 0.246. The molecule has 0 bridgehead atoms. The number of likely N-dealkylation sites (N-methyl/N-ethyl adjacent to an activating group) is 1. The Hall–Kier alpha value is -2.46. The second kappa shape index (κ2) is 12.6. The van der Waals surface area contributed by atoms with Gasteiger partial charge in [0.05, 0.1) is 18.2 Å². The average Bonchev–Trinajstić information content (AvgIpc) is 2.93. The van der Waals surface area contributed by atoms with Crippen LogP contribution in [0.3, 0.4) is 0 Å². The van der Waals surface area contributed by atoms with E-state index in [1.54, 1.807) is 0 Å². The van der Waals surface area contributed by atoms with Crippen molar-refractivity contribution in [2.45, 2.75) is 37.8 Å². The summed E-state index contributed by atoms with van der Waals surface area (Å²) in [7, 11) is 4.26. The van der Waals surface area contributed by atoms with Gasteiger partial charge in [-0.05, 0) is 57.1 Å². The number of piperazine rings is 1. The van der Waals surface area contributed by atoms with Gasteiger partial charge in [0.2, 0.25) is 5.91 Å². The van der Waals surface area contributed by atoms with Crippen LogP contribution in [0.5, 0.6) is 0 Å². The molecule has 0 radical (unpaired) electrons. The number of nitriles is 1. The molecule has 4 aliphatic heterocycles. The third-order valence-electron chi connectivity index (χ3n) is 8.52. The van der Waals surface area contributed by atoms with E-state index in [4.69, 9.17) is 5.26 Å². The van der Waals surface area contributed by atoms with Crippen LogP contribution in [0.25, 0.3) is 0 Å². The molecule has 11 heteroatoms. The molecular weight excluding hydrogens is 480 g/mol. The Morgan fingerprint density at radius 1 is 1.05 bits per heavy atom. The molecule has 11 nitrogen and oxygen atoms in total. The number of carbonyl (C=O) groups excluding carboxylic acids is 1. The minimum Gasteiger partial charge on any atom is -0.369 e. The Kier molecular flexibility index (Phi) is 8.99. The van der Waals surface area contributed by atoms with Gasteiger partial charge in [-0.25, -0.2) is 5.43 Å². The average molecular weight is 525 g/mol. The van der Waals surface area contributed by atoms with Gasteiger partial charge in [0.1, 0.15) is 6.29 Å². The summed E-state index contributed by atoms with van der Waals surface area (Å²) in [6.07, 6.45) is 2.48. The zero-order valence-corrected chi connectivity index (χ0v) is 22.8.